The third-order valence-electron chi connectivity index (χ3n) is 6.56. The zero-order valence-corrected chi connectivity index (χ0v) is 22.7. The van der Waals surface area contributed by atoms with Gasteiger partial charge >= 0.3 is 0 Å². The van der Waals surface area contributed by atoms with Crippen molar-refractivity contribution in [1.82, 2.24) is 15.2 Å². The predicted octanol–water partition coefficient (Wildman–Crippen LogP) is 7.09. The third kappa shape index (κ3) is 4.66. The molecule has 0 unspecified atom stereocenters. The molecule has 0 bridgehead atoms. The largest absolute Gasteiger partial charge is 0.496 e. The Morgan fingerprint density at radius 3 is 2.59 bits per heavy atom. The maximum Gasteiger partial charge on any atom is 0.247 e. The topological polar surface area (TPSA) is 77.4 Å². The number of benzene rings is 4. The van der Waals surface area contributed by atoms with E-state index in [1.165, 1.54) is 18.7 Å². The van der Waals surface area contributed by atoms with Gasteiger partial charge in [-0.15, -0.1) is 10.2 Å². The van der Waals surface area contributed by atoms with Crippen LogP contribution in [0.2, 0.25) is 5.02 Å². The summed E-state index contributed by atoms with van der Waals surface area (Å²) >= 11 is 7.76. The van der Waals surface area contributed by atoms with Crippen LogP contribution in [0.1, 0.15) is 24.3 Å². The van der Waals surface area contributed by atoms with Crippen molar-refractivity contribution < 1.29 is 14.3 Å². The Morgan fingerprint density at radius 2 is 1.77 bits per heavy atom. The maximum atomic E-state index is 13.3. The van der Waals surface area contributed by atoms with E-state index in [-0.39, 0.29) is 11.8 Å². The Labute approximate surface area is 234 Å². The third-order valence-corrected chi connectivity index (χ3v) is 7.82. The van der Waals surface area contributed by atoms with Gasteiger partial charge in [0.1, 0.15) is 5.75 Å². The van der Waals surface area contributed by atoms with Gasteiger partial charge in [-0.3, -0.25) is 9.69 Å². The number of hydrogen-bond acceptors (Lipinski definition) is 7. The quantitative estimate of drug-likeness (QED) is 0.215. The van der Waals surface area contributed by atoms with Crippen LogP contribution in [0.3, 0.4) is 0 Å². The van der Waals surface area contributed by atoms with E-state index >= 15 is 0 Å². The molecule has 1 atom stereocenters. The molecule has 0 fully saturated rings. The van der Waals surface area contributed by atoms with Crippen LogP contribution in [0.4, 0.5) is 5.69 Å². The van der Waals surface area contributed by atoms with E-state index < -0.39 is 6.23 Å². The summed E-state index contributed by atoms with van der Waals surface area (Å²) in [6, 6.07) is 27.0. The highest BCUT2D eigenvalue weighted by molar-refractivity contribution is 7.98. The Bertz CT molecular complexity index is 1710. The molecule has 0 N–H and O–H groups in total. The van der Waals surface area contributed by atoms with Gasteiger partial charge in [0.05, 0.1) is 18.4 Å². The number of rotatable bonds is 5. The van der Waals surface area contributed by atoms with Crippen molar-refractivity contribution in [1.29, 1.82) is 0 Å². The Balaban J connectivity index is 1.51. The lowest BCUT2D eigenvalue weighted by Gasteiger charge is -2.31. The van der Waals surface area contributed by atoms with E-state index in [0.717, 1.165) is 21.9 Å². The highest BCUT2D eigenvalue weighted by atomic mass is 35.5. The van der Waals surface area contributed by atoms with Crippen molar-refractivity contribution in [3.8, 4) is 22.9 Å². The van der Waals surface area contributed by atoms with Gasteiger partial charge in [0.15, 0.2) is 5.69 Å². The fourth-order valence-electron chi connectivity index (χ4n) is 4.77. The lowest BCUT2D eigenvalue weighted by molar-refractivity contribution is -0.118. The number of methoxy groups -OCH3 is 1. The molecule has 1 aromatic heterocycles. The minimum Gasteiger partial charge on any atom is -0.496 e. The molecule has 5 aromatic rings. The first-order valence-electron chi connectivity index (χ1n) is 12.3. The number of carbonyl (C=O) groups excluding carboxylic acids is 1. The summed E-state index contributed by atoms with van der Waals surface area (Å²) in [4.78, 5) is 19.7. The summed E-state index contributed by atoms with van der Waals surface area (Å²) in [5, 5.41) is 11.9. The lowest BCUT2D eigenvalue weighted by Crippen LogP contribution is -2.36. The predicted molar refractivity (Wildman–Crippen MR) is 153 cm³/mol. The first-order valence-corrected chi connectivity index (χ1v) is 13.6. The molecule has 0 aliphatic carbocycles. The molecule has 2 heterocycles. The Kier molecular flexibility index (Phi) is 6.81. The van der Waals surface area contributed by atoms with Crippen LogP contribution in [-0.4, -0.2) is 28.2 Å². The molecule has 1 aliphatic heterocycles. The van der Waals surface area contributed by atoms with E-state index in [9.17, 15) is 4.79 Å². The summed E-state index contributed by atoms with van der Waals surface area (Å²) in [6.45, 7) is 1.52. The molecule has 0 spiro atoms. The van der Waals surface area contributed by atoms with Crippen LogP contribution in [0.5, 0.6) is 11.6 Å². The fourth-order valence-corrected chi connectivity index (χ4v) is 5.83. The average Bonchev–Trinajstić information content (AvgIpc) is 3.10. The van der Waals surface area contributed by atoms with Crippen LogP contribution in [-0.2, 0) is 10.5 Å². The molecule has 6 rings (SSSR count). The number of halogens is 1. The van der Waals surface area contributed by atoms with E-state index in [0.29, 0.717) is 38.6 Å². The fraction of sp³-hybridized carbons (Fsp3) is 0.133. The summed E-state index contributed by atoms with van der Waals surface area (Å²) in [6.07, 6.45) is -0.871. The molecule has 9 heteroatoms. The second-order valence-corrected chi connectivity index (χ2v) is 10.3. The first kappa shape index (κ1) is 25.2. The minimum absolute atomic E-state index is 0.198. The molecule has 4 aromatic carbocycles. The van der Waals surface area contributed by atoms with Crippen molar-refractivity contribution in [2.75, 3.05) is 12.0 Å². The standard InChI is InChI=1S/C30H23ClN4O3S/c1-18(36)35-24-14-8-6-12-22(24)27-28(32-30(34-33-27)39-17-20-10-4-7-13-23(20)31)38-29(35)26-21-11-5-3-9-19(21)15-16-25(26)37-2/h3-16,29H,17H2,1-2H3/t29-/m0/s1. The Morgan fingerprint density at radius 1 is 1.00 bits per heavy atom. The molecule has 0 saturated carbocycles. The summed E-state index contributed by atoms with van der Waals surface area (Å²) in [5.74, 6) is 1.25. The lowest BCUT2D eigenvalue weighted by atomic mass is 10.0. The summed E-state index contributed by atoms with van der Waals surface area (Å²) in [5.41, 5.74) is 3.50. The second-order valence-electron chi connectivity index (χ2n) is 8.91. The zero-order chi connectivity index (χ0) is 26.9. The Hall–Kier alpha value is -4.14. The van der Waals surface area contributed by atoms with Crippen LogP contribution in [0.15, 0.2) is 90.1 Å². The first-order chi connectivity index (χ1) is 19.0. The average molecular weight is 555 g/mol. The number of hydrogen-bond donors (Lipinski definition) is 0. The van der Waals surface area contributed by atoms with Crippen LogP contribution in [0.25, 0.3) is 22.0 Å². The van der Waals surface area contributed by atoms with E-state index in [1.807, 2.05) is 84.9 Å². The second kappa shape index (κ2) is 10.6. The normalized spacial score (nSPS) is 14.2. The number of amides is 1. The number of anilines is 1. The van der Waals surface area contributed by atoms with Gasteiger partial charge in [-0.25, -0.2) is 0 Å². The number of nitrogens with zero attached hydrogens (tertiary/aromatic N) is 4. The number of carbonyl (C=O) groups is 1. The smallest absolute Gasteiger partial charge is 0.247 e. The van der Waals surface area contributed by atoms with Crippen molar-refractivity contribution in [3.63, 3.8) is 0 Å². The van der Waals surface area contributed by atoms with Gasteiger partial charge in [0.25, 0.3) is 0 Å². The molecule has 0 radical (unpaired) electrons. The zero-order valence-electron chi connectivity index (χ0n) is 21.2. The molecule has 39 heavy (non-hydrogen) atoms. The number of aromatic nitrogens is 3. The van der Waals surface area contributed by atoms with Gasteiger partial charge in [0, 0.05) is 23.3 Å². The summed E-state index contributed by atoms with van der Waals surface area (Å²) < 4.78 is 12.4. The highest BCUT2D eigenvalue weighted by Crippen LogP contribution is 2.46. The van der Waals surface area contributed by atoms with Crippen molar-refractivity contribution in [2.24, 2.45) is 0 Å². The molecule has 7 nitrogen and oxygen atoms in total. The summed E-state index contributed by atoms with van der Waals surface area (Å²) in [7, 11) is 1.61. The maximum absolute atomic E-state index is 13.3. The SMILES string of the molecule is COc1ccc2ccccc2c1[C@@H]1Oc2nc(SCc3ccccc3Cl)nnc2-c2ccccc2N1C(C)=O. The van der Waals surface area contributed by atoms with Gasteiger partial charge in [-0.1, -0.05) is 90.1 Å². The number of para-hydroxylation sites is 1. The highest BCUT2D eigenvalue weighted by Gasteiger charge is 2.37. The number of fused-ring (bicyclic) bond motifs is 4. The molecular weight excluding hydrogens is 532 g/mol. The molecular formula is C30H23ClN4O3S. The molecule has 0 saturated heterocycles. The molecule has 1 amide bonds. The van der Waals surface area contributed by atoms with Crippen molar-refractivity contribution >= 4 is 45.7 Å². The van der Waals surface area contributed by atoms with E-state index in [2.05, 4.69) is 10.2 Å². The van der Waals surface area contributed by atoms with E-state index in [1.54, 1.807) is 12.0 Å². The van der Waals surface area contributed by atoms with Gasteiger partial charge < -0.3 is 9.47 Å². The van der Waals surface area contributed by atoms with Gasteiger partial charge in [-0.05, 0) is 34.5 Å². The number of thioether (sulfide) groups is 1. The van der Waals surface area contributed by atoms with Crippen LogP contribution >= 0.6 is 23.4 Å². The van der Waals surface area contributed by atoms with Crippen molar-refractivity contribution in [3.05, 3.63) is 101 Å². The van der Waals surface area contributed by atoms with Gasteiger partial charge in [0.2, 0.25) is 23.2 Å². The minimum atomic E-state index is -0.871. The van der Waals surface area contributed by atoms with Crippen LogP contribution in [0, 0.1) is 0 Å². The van der Waals surface area contributed by atoms with E-state index in [4.69, 9.17) is 26.1 Å². The van der Waals surface area contributed by atoms with Crippen LogP contribution < -0.4 is 14.4 Å². The monoisotopic (exact) mass is 554 g/mol. The molecule has 1 aliphatic rings. The van der Waals surface area contributed by atoms with Gasteiger partial charge in [-0.2, -0.15) is 4.98 Å². The number of ether oxygens (including phenoxy) is 2. The van der Waals surface area contributed by atoms with Crippen molar-refractivity contribution in [2.45, 2.75) is 24.1 Å². The molecule has 194 valence electrons.